The molecule has 0 heterocycles. The number of rotatable bonds is 5. The lowest BCUT2D eigenvalue weighted by Crippen LogP contribution is -2.03. The average molecular weight is 198 g/mol. The predicted octanol–water partition coefficient (Wildman–Crippen LogP) is 3.52. The van der Waals surface area contributed by atoms with Crippen LogP contribution in [0.5, 0.6) is 0 Å². The van der Waals surface area contributed by atoms with Crippen LogP contribution in [0.1, 0.15) is 19.8 Å². The quantitative estimate of drug-likeness (QED) is 0.635. The number of unbranched alkanes of at least 4 members (excludes halogenated alkanes) is 1. The molecule has 2 heteroatoms. The predicted molar refractivity (Wildman–Crippen MR) is 58.7 cm³/mol. The zero-order chi connectivity index (χ0) is 9.52. The molecule has 1 rings (SSSR count). The largest absolute Gasteiger partial charge is 0.246 e. The molecule has 0 amide bonds. The number of halogens is 1. The van der Waals surface area contributed by atoms with Gasteiger partial charge in [-0.05, 0) is 25.8 Å². The van der Waals surface area contributed by atoms with Crippen molar-refractivity contribution < 1.29 is 4.39 Å². The summed E-state index contributed by atoms with van der Waals surface area (Å²) in [7, 11) is -0.526. The van der Waals surface area contributed by atoms with E-state index in [0.717, 1.165) is 19.0 Å². The van der Waals surface area contributed by atoms with Crippen molar-refractivity contribution in [2.45, 2.75) is 19.8 Å². The molecular formula is C11H16FP. The Hall–Kier alpha value is -0.420. The second-order valence-electron chi connectivity index (χ2n) is 3.07. The first kappa shape index (κ1) is 10.7. The van der Waals surface area contributed by atoms with Gasteiger partial charge in [-0.3, -0.25) is 0 Å². The Kier molecular flexibility index (Phi) is 5.00. The third-order valence-corrected chi connectivity index (χ3v) is 4.22. The summed E-state index contributed by atoms with van der Waals surface area (Å²) in [6.07, 6.45) is 3.17. The number of hydrogen-bond donors (Lipinski definition) is 0. The lowest BCUT2D eigenvalue weighted by molar-refractivity contribution is 0.599. The zero-order valence-electron chi connectivity index (χ0n) is 8.04. The van der Waals surface area contributed by atoms with E-state index < -0.39 is 7.92 Å². The van der Waals surface area contributed by atoms with E-state index >= 15 is 0 Å². The van der Waals surface area contributed by atoms with Crippen LogP contribution in [0.15, 0.2) is 30.3 Å². The van der Waals surface area contributed by atoms with E-state index in [9.17, 15) is 4.39 Å². The summed E-state index contributed by atoms with van der Waals surface area (Å²) in [5.41, 5.74) is 0. The first-order valence-electron chi connectivity index (χ1n) is 4.74. The third-order valence-electron chi connectivity index (χ3n) is 2.05. The summed E-state index contributed by atoms with van der Waals surface area (Å²) < 4.78 is 12.7. The molecule has 1 unspecified atom stereocenters. The van der Waals surface area contributed by atoms with Crippen molar-refractivity contribution in [3.63, 3.8) is 0 Å². The molecule has 1 atom stereocenters. The Morgan fingerprint density at radius 2 is 1.92 bits per heavy atom. The van der Waals surface area contributed by atoms with Gasteiger partial charge in [0.25, 0.3) is 0 Å². The molecule has 0 aliphatic rings. The third kappa shape index (κ3) is 3.44. The van der Waals surface area contributed by atoms with E-state index in [2.05, 4.69) is 6.92 Å². The van der Waals surface area contributed by atoms with Gasteiger partial charge in [0.15, 0.2) is 0 Å². The SMILES string of the molecule is CCCCP(CF)c1ccccc1. The molecule has 0 aliphatic carbocycles. The Morgan fingerprint density at radius 3 is 2.46 bits per heavy atom. The molecule has 0 saturated heterocycles. The van der Waals surface area contributed by atoms with E-state index in [-0.39, 0.29) is 6.42 Å². The van der Waals surface area contributed by atoms with Gasteiger partial charge in [-0.2, -0.15) is 0 Å². The summed E-state index contributed by atoms with van der Waals surface area (Å²) >= 11 is 0. The van der Waals surface area contributed by atoms with E-state index in [1.165, 1.54) is 5.30 Å². The van der Waals surface area contributed by atoms with E-state index in [1.54, 1.807) is 0 Å². The summed E-state index contributed by atoms with van der Waals surface area (Å²) in [6.45, 7) is 2.15. The van der Waals surface area contributed by atoms with Gasteiger partial charge < -0.3 is 0 Å². The molecule has 0 aromatic heterocycles. The molecule has 0 bridgehead atoms. The second kappa shape index (κ2) is 6.10. The standard InChI is InChI=1S/C11H16FP/c1-2-3-9-13(10-12)11-7-5-4-6-8-11/h4-8H,2-3,9-10H2,1H3. The number of benzene rings is 1. The molecule has 1 aromatic rings. The molecular weight excluding hydrogens is 182 g/mol. The van der Waals surface area contributed by atoms with Crippen molar-refractivity contribution in [2.75, 3.05) is 12.6 Å². The van der Waals surface area contributed by atoms with E-state index in [1.807, 2.05) is 30.3 Å². The summed E-state index contributed by atoms with van der Waals surface area (Å²) in [5.74, 6) is 0. The Bertz CT molecular complexity index is 223. The second-order valence-corrected chi connectivity index (χ2v) is 5.35. The first-order valence-corrected chi connectivity index (χ1v) is 6.45. The first-order chi connectivity index (χ1) is 6.38. The van der Waals surface area contributed by atoms with Crippen LogP contribution in [-0.2, 0) is 0 Å². The normalized spacial score (nSPS) is 12.8. The van der Waals surface area contributed by atoms with Gasteiger partial charge in [0, 0.05) is 0 Å². The topological polar surface area (TPSA) is 0 Å². The molecule has 0 spiro atoms. The Balaban J connectivity index is 2.56. The van der Waals surface area contributed by atoms with Gasteiger partial charge in [0.05, 0.1) is 0 Å². The van der Waals surface area contributed by atoms with E-state index in [4.69, 9.17) is 0 Å². The van der Waals surface area contributed by atoms with Crippen LogP contribution in [0, 0.1) is 0 Å². The van der Waals surface area contributed by atoms with Crippen LogP contribution in [0.2, 0.25) is 0 Å². The van der Waals surface area contributed by atoms with E-state index in [0.29, 0.717) is 0 Å². The molecule has 0 radical (unpaired) electrons. The highest BCUT2D eigenvalue weighted by atomic mass is 31.1. The van der Waals surface area contributed by atoms with Gasteiger partial charge in [0.1, 0.15) is 6.42 Å². The highest BCUT2D eigenvalue weighted by Gasteiger charge is 2.08. The Morgan fingerprint density at radius 1 is 1.23 bits per heavy atom. The van der Waals surface area contributed by atoms with Gasteiger partial charge in [-0.25, -0.2) is 4.39 Å². The fourth-order valence-corrected chi connectivity index (χ4v) is 3.05. The highest BCUT2D eigenvalue weighted by molar-refractivity contribution is 7.65. The molecule has 0 aliphatic heterocycles. The smallest absolute Gasteiger partial charge is 0.113 e. The van der Waals surface area contributed by atoms with Crippen molar-refractivity contribution in [2.24, 2.45) is 0 Å². The lowest BCUT2D eigenvalue weighted by Gasteiger charge is -2.12. The summed E-state index contributed by atoms with van der Waals surface area (Å²) in [4.78, 5) is 0. The van der Waals surface area contributed by atoms with Crippen molar-refractivity contribution in [1.29, 1.82) is 0 Å². The van der Waals surface area contributed by atoms with Gasteiger partial charge in [-0.15, -0.1) is 0 Å². The van der Waals surface area contributed by atoms with Crippen LogP contribution in [-0.4, -0.2) is 12.6 Å². The minimum atomic E-state index is -0.526. The maximum atomic E-state index is 12.7. The lowest BCUT2D eigenvalue weighted by atomic mass is 10.4. The Labute approximate surface area is 80.9 Å². The van der Waals surface area contributed by atoms with Crippen LogP contribution in [0.3, 0.4) is 0 Å². The number of hydrogen-bond acceptors (Lipinski definition) is 0. The van der Waals surface area contributed by atoms with Gasteiger partial charge in [-0.1, -0.05) is 43.7 Å². The maximum absolute atomic E-state index is 12.7. The molecule has 0 saturated carbocycles. The molecule has 13 heavy (non-hydrogen) atoms. The van der Waals surface area contributed by atoms with Crippen molar-refractivity contribution in [3.8, 4) is 0 Å². The van der Waals surface area contributed by atoms with Crippen LogP contribution >= 0.6 is 7.92 Å². The molecule has 0 N–H and O–H groups in total. The van der Waals surface area contributed by atoms with Crippen LogP contribution in [0.4, 0.5) is 4.39 Å². The molecule has 72 valence electrons. The van der Waals surface area contributed by atoms with Crippen molar-refractivity contribution in [3.05, 3.63) is 30.3 Å². The monoisotopic (exact) mass is 198 g/mol. The van der Waals surface area contributed by atoms with Crippen LogP contribution in [0.25, 0.3) is 0 Å². The molecule has 0 fully saturated rings. The van der Waals surface area contributed by atoms with Gasteiger partial charge >= 0.3 is 0 Å². The van der Waals surface area contributed by atoms with Gasteiger partial charge in [0.2, 0.25) is 0 Å². The summed E-state index contributed by atoms with van der Waals surface area (Å²) in [6, 6.07) is 10.1. The maximum Gasteiger partial charge on any atom is 0.113 e. The highest BCUT2D eigenvalue weighted by Crippen LogP contribution is 2.35. The van der Waals surface area contributed by atoms with Crippen LogP contribution < -0.4 is 5.30 Å². The summed E-state index contributed by atoms with van der Waals surface area (Å²) in [5, 5.41) is 1.20. The molecule has 1 aromatic carbocycles. The molecule has 0 nitrogen and oxygen atoms in total. The average Bonchev–Trinajstić information content (AvgIpc) is 2.21. The minimum Gasteiger partial charge on any atom is -0.246 e. The number of alkyl halides is 1. The van der Waals surface area contributed by atoms with Crippen molar-refractivity contribution in [1.82, 2.24) is 0 Å². The minimum absolute atomic E-state index is 0.167. The fourth-order valence-electron chi connectivity index (χ4n) is 1.25. The zero-order valence-corrected chi connectivity index (χ0v) is 8.93. The fraction of sp³-hybridized carbons (Fsp3) is 0.455. The van der Waals surface area contributed by atoms with Crippen molar-refractivity contribution >= 4 is 13.2 Å².